The van der Waals surface area contributed by atoms with E-state index >= 15 is 0 Å². The number of halogens is 1. The topological polar surface area (TPSA) is 42.2 Å². The van der Waals surface area contributed by atoms with Gasteiger partial charge in [0.1, 0.15) is 5.76 Å². The van der Waals surface area contributed by atoms with Crippen molar-refractivity contribution in [3.05, 3.63) is 23.7 Å². The van der Waals surface area contributed by atoms with Crippen molar-refractivity contribution in [1.82, 2.24) is 5.32 Å². The van der Waals surface area contributed by atoms with Gasteiger partial charge in [-0.3, -0.25) is 4.79 Å². The first-order chi connectivity index (χ1) is 6.83. The second kappa shape index (κ2) is 4.39. The van der Waals surface area contributed by atoms with Crippen LogP contribution >= 0.6 is 15.9 Å². The number of aryl methyl sites for hydroxylation is 1. The lowest BCUT2D eigenvalue weighted by Crippen LogP contribution is -2.48. The van der Waals surface area contributed by atoms with Crippen molar-refractivity contribution in [3.63, 3.8) is 0 Å². The molecule has 0 bridgehead atoms. The highest BCUT2D eigenvalue weighted by atomic mass is 79.9. The van der Waals surface area contributed by atoms with Gasteiger partial charge in [-0.25, -0.2) is 0 Å². The molecule has 0 aliphatic carbocycles. The maximum atomic E-state index is 11.8. The van der Waals surface area contributed by atoms with Gasteiger partial charge in [-0.1, -0.05) is 22.9 Å². The van der Waals surface area contributed by atoms with Crippen LogP contribution in [-0.4, -0.2) is 16.3 Å². The van der Waals surface area contributed by atoms with Gasteiger partial charge >= 0.3 is 0 Å². The molecule has 0 saturated heterocycles. The Balaban J connectivity index is 2.72. The van der Waals surface area contributed by atoms with Crippen molar-refractivity contribution < 1.29 is 9.21 Å². The molecule has 1 amide bonds. The smallest absolute Gasteiger partial charge is 0.287 e. The fourth-order valence-electron chi connectivity index (χ4n) is 1.01. The standard InChI is InChI=1S/C11H16BrNO2/c1-7-5-6-9(15-7)10(14)13-11(3,4)8(2)12/h5-6,8H,1-4H3,(H,13,14). The normalized spacial score (nSPS) is 13.7. The lowest BCUT2D eigenvalue weighted by atomic mass is 10.0. The summed E-state index contributed by atoms with van der Waals surface area (Å²) in [5.74, 6) is 0.915. The third-order valence-electron chi connectivity index (χ3n) is 2.39. The molecule has 4 heteroatoms. The number of hydrogen-bond donors (Lipinski definition) is 1. The van der Waals surface area contributed by atoms with Crippen LogP contribution in [0.1, 0.15) is 37.1 Å². The fraction of sp³-hybridized carbons (Fsp3) is 0.545. The highest BCUT2D eigenvalue weighted by Gasteiger charge is 2.27. The highest BCUT2D eigenvalue weighted by Crippen LogP contribution is 2.17. The van der Waals surface area contributed by atoms with E-state index < -0.39 is 0 Å². The number of nitrogens with one attached hydrogen (secondary N) is 1. The molecule has 1 aromatic heterocycles. The van der Waals surface area contributed by atoms with Crippen molar-refractivity contribution in [2.24, 2.45) is 0 Å². The Labute approximate surface area is 98.4 Å². The van der Waals surface area contributed by atoms with Crippen LogP contribution in [0.25, 0.3) is 0 Å². The zero-order valence-electron chi connectivity index (χ0n) is 9.43. The van der Waals surface area contributed by atoms with E-state index in [4.69, 9.17) is 4.42 Å². The average Bonchev–Trinajstić information content (AvgIpc) is 2.50. The molecule has 0 spiro atoms. The number of rotatable bonds is 3. The number of carbonyl (C=O) groups is 1. The Bertz CT molecular complexity index is 355. The summed E-state index contributed by atoms with van der Waals surface area (Å²) in [5, 5.41) is 2.91. The molecule has 3 nitrogen and oxygen atoms in total. The first-order valence-corrected chi connectivity index (χ1v) is 5.77. The molecule has 0 aliphatic rings. The molecule has 1 unspecified atom stereocenters. The Morgan fingerprint density at radius 2 is 2.13 bits per heavy atom. The van der Waals surface area contributed by atoms with Gasteiger partial charge in [0.05, 0.1) is 0 Å². The molecule has 84 valence electrons. The Morgan fingerprint density at radius 1 is 1.53 bits per heavy atom. The molecule has 0 fully saturated rings. The van der Waals surface area contributed by atoms with Crippen LogP contribution in [0.15, 0.2) is 16.5 Å². The van der Waals surface area contributed by atoms with Crippen molar-refractivity contribution in [3.8, 4) is 0 Å². The Morgan fingerprint density at radius 3 is 2.53 bits per heavy atom. The molecule has 0 saturated carbocycles. The monoisotopic (exact) mass is 273 g/mol. The van der Waals surface area contributed by atoms with E-state index in [1.165, 1.54) is 0 Å². The third-order valence-corrected chi connectivity index (χ3v) is 3.54. The van der Waals surface area contributed by atoms with Crippen LogP contribution in [-0.2, 0) is 0 Å². The maximum absolute atomic E-state index is 11.8. The fourth-order valence-corrected chi connectivity index (χ4v) is 1.12. The van der Waals surface area contributed by atoms with Gasteiger partial charge in [0.25, 0.3) is 5.91 Å². The number of furan rings is 1. The molecular weight excluding hydrogens is 258 g/mol. The molecule has 15 heavy (non-hydrogen) atoms. The summed E-state index contributed by atoms with van der Waals surface area (Å²) < 4.78 is 5.24. The third kappa shape index (κ3) is 3.09. The number of hydrogen-bond acceptors (Lipinski definition) is 2. The Hall–Kier alpha value is -0.770. The molecular formula is C11H16BrNO2. The largest absolute Gasteiger partial charge is 0.456 e. The van der Waals surface area contributed by atoms with Gasteiger partial charge in [0.15, 0.2) is 5.76 Å². The molecule has 1 heterocycles. The summed E-state index contributed by atoms with van der Waals surface area (Å²) in [4.78, 5) is 11.9. The lowest BCUT2D eigenvalue weighted by Gasteiger charge is -2.28. The molecule has 1 rings (SSSR count). The minimum atomic E-state index is -0.308. The van der Waals surface area contributed by atoms with Crippen molar-refractivity contribution in [2.75, 3.05) is 0 Å². The van der Waals surface area contributed by atoms with Crippen LogP contribution in [0, 0.1) is 6.92 Å². The zero-order chi connectivity index (χ0) is 11.6. The van der Waals surface area contributed by atoms with Crippen LogP contribution in [0.5, 0.6) is 0 Å². The van der Waals surface area contributed by atoms with Crippen molar-refractivity contribution in [1.29, 1.82) is 0 Å². The first kappa shape index (κ1) is 12.3. The summed E-state index contributed by atoms with van der Waals surface area (Å²) in [5.41, 5.74) is -0.308. The summed E-state index contributed by atoms with van der Waals surface area (Å²) in [6, 6.07) is 3.46. The van der Waals surface area contributed by atoms with E-state index in [1.54, 1.807) is 12.1 Å². The predicted octanol–water partition coefficient (Wildman–Crippen LogP) is 2.88. The van der Waals surface area contributed by atoms with Gasteiger partial charge in [0, 0.05) is 10.4 Å². The lowest BCUT2D eigenvalue weighted by molar-refractivity contribution is 0.0884. The SMILES string of the molecule is Cc1ccc(C(=O)NC(C)(C)C(C)Br)o1. The minimum absolute atomic E-state index is 0.181. The highest BCUT2D eigenvalue weighted by molar-refractivity contribution is 9.09. The van der Waals surface area contributed by atoms with Crippen LogP contribution in [0.2, 0.25) is 0 Å². The van der Waals surface area contributed by atoms with Crippen molar-refractivity contribution >= 4 is 21.8 Å². The van der Waals surface area contributed by atoms with E-state index in [-0.39, 0.29) is 16.3 Å². The molecule has 0 radical (unpaired) electrons. The molecule has 1 aromatic rings. The predicted molar refractivity (Wildman–Crippen MR) is 63.4 cm³/mol. The average molecular weight is 274 g/mol. The van der Waals surface area contributed by atoms with E-state index in [0.29, 0.717) is 5.76 Å². The van der Waals surface area contributed by atoms with Gasteiger partial charge < -0.3 is 9.73 Å². The van der Waals surface area contributed by atoms with Gasteiger partial charge in [-0.15, -0.1) is 0 Å². The summed E-state index contributed by atoms with van der Waals surface area (Å²) >= 11 is 3.46. The first-order valence-electron chi connectivity index (χ1n) is 4.86. The summed E-state index contributed by atoms with van der Waals surface area (Å²) in [6.07, 6.45) is 0. The van der Waals surface area contributed by atoms with Gasteiger partial charge in [-0.2, -0.15) is 0 Å². The number of amides is 1. The quantitative estimate of drug-likeness (QED) is 0.861. The molecule has 1 atom stereocenters. The molecule has 0 aliphatic heterocycles. The van der Waals surface area contributed by atoms with Gasteiger partial charge in [0.2, 0.25) is 0 Å². The van der Waals surface area contributed by atoms with Crippen LogP contribution < -0.4 is 5.32 Å². The summed E-state index contributed by atoms with van der Waals surface area (Å²) in [6.45, 7) is 7.73. The van der Waals surface area contributed by atoms with Gasteiger partial charge in [-0.05, 0) is 32.9 Å². The van der Waals surface area contributed by atoms with Crippen LogP contribution in [0.3, 0.4) is 0 Å². The zero-order valence-corrected chi connectivity index (χ0v) is 11.0. The maximum Gasteiger partial charge on any atom is 0.287 e. The summed E-state index contributed by atoms with van der Waals surface area (Å²) in [7, 11) is 0. The van der Waals surface area contributed by atoms with E-state index in [9.17, 15) is 4.79 Å². The minimum Gasteiger partial charge on any atom is -0.456 e. The molecule has 0 aromatic carbocycles. The van der Waals surface area contributed by atoms with E-state index in [1.807, 2.05) is 27.7 Å². The van der Waals surface area contributed by atoms with E-state index in [2.05, 4.69) is 21.2 Å². The number of alkyl halides is 1. The van der Waals surface area contributed by atoms with Crippen LogP contribution in [0.4, 0.5) is 0 Å². The number of carbonyl (C=O) groups excluding carboxylic acids is 1. The second-order valence-corrected chi connectivity index (χ2v) is 5.58. The Kier molecular flexibility index (Phi) is 3.60. The van der Waals surface area contributed by atoms with Crippen molar-refractivity contribution in [2.45, 2.75) is 38.1 Å². The second-order valence-electron chi connectivity index (χ2n) is 4.20. The molecule has 1 N–H and O–H groups in total. The van der Waals surface area contributed by atoms with E-state index in [0.717, 1.165) is 5.76 Å².